The van der Waals surface area contributed by atoms with Gasteiger partial charge in [0.25, 0.3) is 0 Å². The first kappa shape index (κ1) is 87.9. The Morgan fingerprint density at radius 1 is 0.341 bits per heavy atom. The van der Waals surface area contributed by atoms with E-state index in [4.69, 9.17) is 24.3 Å². The zero-order valence-corrected chi connectivity index (χ0v) is 60.5. The van der Waals surface area contributed by atoms with Crippen molar-refractivity contribution in [2.45, 2.75) is 380 Å². The Balaban J connectivity index is 3.78. The zero-order valence-electron chi connectivity index (χ0n) is 59.6. The highest BCUT2D eigenvalue weighted by Gasteiger charge is 2.26. The van der Waals surface area contributed by atoms with E-state index in [9.17, 15) is 19.0 Å². The van der Waals surface area contributed by atoms with Crippen molar-refractivity contribution in [1.29, 1.82) is 0 Å². The molecular weight excluding hydrogens is 1150 g/mol. The second-order valence-electron chi connectivity index (χ2n) is 25.8. The number of carbonyl (C=O) groups is 2. The summed E-state index contributed by atoms with van der Waals surface area (Å²) in [6.07, 6.45) is 104. The minimum atomic E-state index is -4.40. The minimum absolute atomic E-state index is 0.0530. The summed E-state index contributed by atoms with van der Waals surface area (Å²) in [5.41, 5.74) is 5.41. The van der Waals surface area contributed by atoms with Crippen LogP contribution in [0, 0.1) is 0 Å². The van der Waals surface area contributed by atoms with Crippen LogP contribution in [-0.2, 0) is 32.7 Å². The molecule has 10 heteroatoms. The number of ether oxygens (including phenoxy) is 2. The van der Waals surface area contributed by atoms with Gasteiger partial charge in [-0.3, -0.25) is 18.6 Å². The highest BCUT2D eigenvalue weighted by atomic mass is 31.2. The van der Waals surface area contributed by atoms with E-state index >= 15 is 0 Å². The van der Waals surface area contributed by atoms with Crippen molar-refractivity contribution in [3.63, 3.8) is 0 Å². The second kappa shape index (κ2) is 76.0. The molecule has 0 heterocycles. The Morgan fingerprint density at radius 3 is 0.901 bits per heavy atom. The molecule has 0 bridgehead atoms. The quantitative estimate of drug-likeness (QED) is 0.0264. The molecule has 0 radical (unpaired) electrons. The SMILES string of the molecule is CC/C=C\C/C=C\C/C=C\C/C=C\C/C=C\CCCCCCCCCCCCCCCCCCCCCCCCCCCC(=O)OC(COC(=O)CCCCCCCCCCCCCCCC/C=C\C/C=C\C/C=C\CCCCCCC)COP(=O)(O)OCCN. The van der Waals surface area contributed by atoms with Gasteiger partial charge in [-0.05, 0) is 96.3 Å². The first-order chi connectivity index (χ1) is 44.8. The maximum atomic E-state index is 12.8. The van der Waals surface area contributed by atoms with E-state index in [0.29, 0.717) is 6.42 Å². The number of unbranched alkanes of at least 4 members (excludes halogenated alkanes) is 44. The van der Waals surface area contributed by atoms with Crippen molar-refractivity contribution in [3.05, 3.63) is 97.2 Å². The van der Waals surface area contributed by atoms with Crippen LogP contribution < -0.4 is 5.73 Å². The average Bonchev–Trinajstić information content (AvgIpc) is 3.74. The fourth-order valence-corrected chi connectivity index (χ4v) is 12.0. The molecule has 0 aromatic rings. The summed E-state index contributed by atoms with van der Waals surface area (Å²) >= 11 is 0. The van der Waals surface area contributed by atoms with Crippen LogP contribution >= 0.6 is 7.82 Å². The molecule has 9 nitrogen and oxygen atoms in total. The average molecular weight is 1290 g/mol. The Morgan fingerprint density at radius 2 is 0.604 bits per heavy atom. The van der Waals surface area contributed by atoms with Crippen LogP contribution in [0.25, 0.3) is 0 Å². The summed E-state index contributed by atoms with van der Waals surface area (Å²) in [5, 5.41) is 0. The van der Waals surface area contributed by atoms with Crippen LogP contribution in [0.2, 0.25) is 0 Å². The van der Waals surface area contributed by atoms with Crippen LogP contribution in [-0.4, -0.2) is 49.3 Å². The predicted octanol–water partition coefficient (Wildman–Crippen LogP) is 25.9. The van der Waals surface area contributed by atoms with E-state index < -0.39 is 26.5 Å². The molecular formula is C81H146NO8P. The monoisotopic (exact) mass is 1290 g/mol. The van der Waals surface area contributed by atoms with Crippen molar-refractivity contribution >= 4 is 19.8 Å². The Bertz CT molecular complexity index is 1820. The first-order valence-electron chi connectivity index (χ1n) is 38.7. The van der Waals surface area contributed by atoms with Crippen LogP contribution in [0.3, 0.4) is 0 Å². The van der Waals surface area contributed by atoms with Crippen LogP contribution in [0.1, 0.15) is 373 Å². The molecule has 0 saturated carbocycles. The molecule has 0 aliphatic rings. The lowest BCUT2D eigenvalue weighted by molar-refractivity contribution is -0.161. The van der Waals surface area contributed by atoms with E-state index in [1.807, 2.05) is 0 Å². The molecule has 528 valence electrons. The van der Waals surface area contributed by atoms with E-state index in [1.165, 1.54) is 263 Å². The van der Waals surface area contributed by atoms with Crippen molar-refractivity contribution in [3.8, 4) is 0 Å². The lowest BCUT2D eigenvalue weighted by Gasteiger charge is -2.19. The van der Waals surface area contributed by atoms with E-state index in [-0.39, 0.29) is 38.6 Å². The van der Waals surface area contributed by atoms with Gasteiger partial charge in [-0.25, -0.2) is 4.57 Å². The standard InChI is InChI=1S/C81H146NO8P/c1-3-5-7-9-11-13-15-17-19-21-23-25-27-29-31-33-34-35-36-37-38-39-40-41-42-43-44-46-48-50-52-54-56-58-60-62-64-66-68-70-72-74-81(84)90-79(78-89-91(85,86)88-76-75-82)77-87-80(83)73-71-69-67-65-63-61-59-57-55-53-51-49-47-45-32-30-28-26-24-22-20-18-16-14-12-10-8-6-4-2/h5,7,11,13,16-19,22-25,28-31,79H,3-4,6,8-10,12,14-15,20-21,26-27,32-78,82H2,1-2H3,(H,85,86)/b7-5-,13-11-,18-16-,19-17-,24-22-,25-23-,30-28-,31-29-. The predicted molar refractivity (Wildman–Crippen MR) is 395 cm³/mol. The molecule has 91 heavy (non-hydrogen) atoms. The van der Waals surface area contributed by atoms with Crippen molar-refractivity contribution in [2.24, 2.45) is 5.73 Å². The van der Waals surface area contributed by atoms with Gasteiger partial charge in [0.15, 0.2) is 6.10 Å². The third-order valence-corrected chi connectivity index (χ3v) is 17.9. The number of hydrogen-bond donors (Lipinski definition) is 2. The van der Waals surface area contributed by atoms with Gasteiger partial charge in [0, 0.05) is 19.4 Å². The molecule has 0 fully saturated rings. The van der Waals surface area contributed by atoms with Gasteiger partial charge in [0.2, 0.25) is 0 Å². The third kappa shape index (κ3) is 75.8. The number of phosphoric acid groups is 1. The number of esters is 2. The lowest BCUT2D eigenvalue weighted by Crippen LogP contribution is -2.29. The van der Waals surface area contributed by atoms with Gasteiger partial charge in [-0.1, -0.05) is 361 Å². The van der Waals surface area contributed by atoms with Crippen molar-refractivity contribution in [2.75, 3.05) is 26.4 Å². The van der Waals surface area contributed by atoms with Crippen LogP contribution in [0.5, 0.6) is 0 Å². The van der Waals surface area contributed by atoms with Gasteiger partial charge in [-0.15, -0.1) is 0 Å². The summed E-state index contributed by atoms with van der Waals surface area (Å²) in [4.78, 5) is 35.4. The molecule has 0 amide bonds. The molecule has 0 spiro atoms. The van der Waals surface area contributed by atoms with E-state index in [2.05, 4.69) is 111 Å². The lowest BCUT2D eigenvalue weighted by atomic mass is 10.0. The van der Waals surface area contributed by atoms with E-state index in [1.54, 1.807) is 0 Å². The largest absolute Gasteiger partial charge is 0.472 e. The Labute approximate surface area is 563 Å². The summed E-state index contributed by atoms with van der Waals surface area (Å²) < 4.78 is 33.3. The molecule has 0 saturated heterocycles. The fraction of sp³-hybridized carbons (Fsp3) is 0.778. The molecule has 3 N–H and O–H groups in total. The number of allylic oxidation sites excluding steroid dienone is 16. The molecule has 2 unspecified atom stereocenters. The number of rotatable bonds is 73. The van der Waals surface area contributed by atoms with Crippen LogP contribution in [0.15, 0.2) is 97.2 Å². The minimum Gasteiger partial charge on any atom is -0.462 e. The topological polar surface area (TPSA) is 134 Å². The zero-order chi connectivity index (χ0) is 65.8. The fourth-order valence-electron chi connectivity index (χ4n) is 11.3. The van der Waals surface area contributed by atoms with Crippen molar-refractivity contribution in [1.82, 2.24) is 0 Å². The number of carbonyl (C=O) groups excluding carboxylic acids is 2. The van der Waals surface area contributed by atoms with Crippen molar-refractivity contribution < 1.29 is 37.6 Å². The number of phosphoric ester groups is 1. The normalized spacial score (nSPS) is 13.4. The molecule has 0 rings (SSSR count). The molecule has 0 aromatic heterocycles. The highest BCUT2D eigenvalue weighted by molar-refractivity contribution is 7.47. The highest BCUT2D eigenvalue weighted by Crippen LogP contribution is 2.43. The summed E-state index contributed by atoms with van der Waals surface area (Å²) in [6, 6.07) is 0. The van der Waals surface area contributed by atoms with Gasteiger partial charge in [-0.2, -0.15) is 0 Å². The molecule has 2 atom stereocenters. The smallest absolute Gasteiger partial charge is 0.462 e. The van der Waals surface area contributed by atoms with E-state index in [0.717, 1.165) is 77.0 Å². The second-order valence-corrected chi connectivity index (χ2v) is 27.3. The molecule has 0 aliphatic heterocycles. The Hall–Kier alpha value is -3.07. The maximum absolute atomic E-state index is 12.8. The molecule has 0 aliphatic carbocycles. The van der Waals surface area contributed by atoms with Gasteiger partial charge in [0.1, 0.15) is 6.61 Å². The van der Waals surface area contributed by atoms with Gasteiger partial charge in [0.05, 0.1) is 13.2 Å². The van der Waals surface area contributed by atoms with Gasteiger partial charge < -0.3 is 20.1 Å². The summed E-state index contributed by atoms with van der Waals surface area (Å²) in [6.45, 7) is 3.67. The van der Waals surface area contributed by atoms with Crippen LogP contribution in [0.4, 0.5) is 0 Å². The first-order valence-corrected chi connectivity index (χ1v) is 40.2. The number of nitrogens with two attached hydrogens (primary N) is 1. The Kier molecular flexibility index (Phi) is 73.4. The van der Waals surface area contributed by atoms with Gasteiger partial charge >= 0.3 is 19.8 Å². The summed E-state index contributed by atoms with van der Waals surface area (Å²) in [5.74, 6) is -0.812. The summed E-state index contributed by atoms with van der Waals surface area (Å²) in [7, 11) is -4.40. The third-order valence-electron chi connectivity index (χ3n) is 17.0. The number of hydrogen-bond acceptors (Lipinski definition) is 8. The molecule has 0 aromatic carbocycles. The maximum Gasteiger partial charge on any atom is 0.472 e.